The van der Waals surface area contributed by atoms with Gasteiger partial charge in [-0.3, -0.25) is 19.7 Å². The Kier molecular flexibility index (Phi) is 3.82. The summed E-state index contributed by atoms with van der Waals surface area (Å²) in [6.45, 7) is 4.26. The number of hydrogen-bond acceptors (Lipinski definition) is 4. The molecule has 6 nitrogen and oxygen atoms in total. The molecule has 4 rings (SSSR count). The number of nitrogens with zero attached hydrogens (tertiary/aromatic N) is 1. The number of carbonyl (C=O) groups is 3. The van der Waals surface area contributed by atoms with Crippen molar-refractivity contribution in [3.8, 4) is 5.75 Å². The molecule has 0 radical (unpaired) electrons. The van der Waals surface area contributed by atoms with Crippen LogP contribution in [0.5, 0.6) is 5.75 Å². The molecule has 1 aromatic rings. The molecule has 26 heavy (non-hydrogen) atoms. The van der Waals surface area contributed by atoms with E-state index in [9.17, 15) is 14.4 Å². The number of aryl methyl sites for hydroxylation is 2. The number of likely N-dealkylation sites (tertiary alicyclic amines) is 1. The first-order valence-corrected chi connectivity index (χ1v) is 9.24. The molecule has 6 heteroatoms. The molecule has 0 bridgehead atoms. The molecule has 0 saturated carbocycles. The van der Waals surface area contributed by atoms with Gasteiger partial charge in [-0.1, -0.05) is 6.07 Å². The molecule has 2 heterocycles. The van der Waals surface area contributed by atoms with Crippen LogP contribution in [0, 0.1) is 5.41 Å². The Morgan fingerprint density at radius 2 is 2.00 bits per heavy atom. The zero-order chi connectivity index (χ0) is 18.5. The normalized spacial score (nSPS) is 24.9. The van der Waals surface area contributed by atoms with Crippen LogP contribution in [-0.2, 0) is 27.2 Å². The lowest BCUT2D eigenvalue weighted by molar-refractivity contribution is -0.145. The summed E-state index contributed by atoms with van der Waals surface area (Å²) in [4.78, 5) is 38.4. The maximum Gasteiger partial charge on any atom is 0.266 e. The zero-order valence-corrected chi connectivity index (χ0v) is 15.3. The van der Waals surface area contributed by atoms with Gasteiger partial charge in [-0.05, 0) is 62.8 Å². The SMILES string of the molecule is CC(C)(Oc1ccc2c(c1)CCC2)C(=O)N1CC[C@@]2(CC(=O)NC2=O)C1. The molecule has 3 aliphatic rings. The molecule has 0 unspecified atom stereocenters. The van der Waals surface area contributed by atoms with Gasteiger partial charge in [0, 0.05) is 19.5 Å². The van der Waals surface area contributed by atoms with E-state index in [2.05, 4.69) is 11.4 Å². The van der Waals surface area contributed by atoms with E-state index in [1.165, 1.54) is 11.1 Å². The molecule has 1 spiro atoms. The maximum atomic E-state index is 13.0. The number of fused-ring (bicyclic) bond motifs is 1. The second-order valence-corrected chi connectivity index (χ2v) is 8.21. The topological polar surface area (TPSA) is 75.7 Å². The highest BCUT2D eigenvalue weighted by Crippen LogP contribution is 2.39. The Labute approximate surface area is 152 Å². The van der Waals surface area contributed by atoms with Crippen molar-refractivity contribution in [2.45, 2.75) is 51.6 Å². The number of benzene rings is 1. The first-order chi connectivity index (χ1) is 12.3. The minimum Gasteiger partial charge on any atom is -0.478 e. The molecule has 138 valence electrons. The first kappa shape index (κ1) is 17.1. The Morgan fingerprint density at radius 3 is 2.73 bits per heavy atom. The van der Waals surface area contributed by atoms with E-state index in [1.807, 2.05) is 12.1 Å². The summed E-state index contributed by atoms with van der Waals surface area (Å²) >= 11 is 0. The van der Waals surface area contributed by atoms with Gasteiger partial charge in [-0.2, -0.15) is 0 Å². The number of nitrogens with one attached hydrogen (secondary N) is 1. The molecule has 2 aliphatic heterocycles. The van der Waals surface area contributed by atoms with Gasteiger partial charge in [0.1, 0.15) is 5.75 Å². The van der Waals surface area contributed by atoms with E-state index in [4.69, 9.17) is 4.74 Å². The first-order valence-electron chi connectivity index (χ1n) is 9.24. The van der Waals surface area contributed by atoms with Crippen molar-refractivity contribution in [2.24, 2.45) is 5.41 Å². The third kappa shape index (κ3) is 2.77. The predicted molar refractivity (Wildman–Crippen MR) is 94.6 cm³/mol. The van der Waals surface area contributed by atoms with Gasteiger partial charge >= 0.3 is 0 Å². The third-order valence-electron chi connectivity index (χ3n) is 5.83. The van der Waals surface area contributed by atoms with Crippen LogP contribution in [0.2, 0.25) is 0 Å². The summed E-state index contributed by atoms with van der Waals surface area (Å²) < 4.78 is 6.04. The van der Waals surface area contributed by atoms with Gasteiger partial charge in [-0.15, -0.1) is 0 Å². The lowest BCUT2D eigenvalue weighted by Crippen LogP contribution is -2.49. The monoisotopic (exact) mass is 356 g/mol. The minimum atomic E-state index is -1.03. The van der Waals surface area contributed by atoms with Crippen LogP contribution in [0.15, 0.2) is 18.2 Å². The van der Waals surface area contributed by atoms with Crippen molar-refractivity contribution in [3.05, 3.63) is 29.3 Å². The summed E-state index contributed by atoms with van der Waals surface area (Å²) in [5.41, 5.74) is 0.875. The Hall–Kier alpha value is -2.37. The fraction of sp³-hybridized carbons (Fsp3) is 0.550. The number of ether oxygens (including phenoxy) is 1. The number of imide groups is 1. The van der Waals surface area contributed by atoms with Crippen molar-refractivity contribution < 1.29 is 19.1 Å². The summed E-state index contributed by atoms with van der Waals surface area (Å²) in [5, 5.41) is 2.36. The third-order valence-corrected chi connectivity index (χ3v) is 5.83. The molecular formula is C20H24N2O4. The quantitative estimate of drug-likeness (QED) is 0.835. The summed E-state index contributed by atoms with van der Waals surface area (Å²) in [6, 6.07) is 6.04. The van der Waals surface area contributed by atoms with Gasteiger partial charge in [0.15, 0.2) is 5.60 Å². The molecule has 1 N–H and O–H groups in total. The summed E-state index contributed by atoms with van der Waals surface area (Å²) in [6.07, 6.45) is 4.01. The zero-order valence-electron chi connectivity index (χ0n) is 15.3. The van der Waals surface area contributed by atoms with E-state index in [1.54, 1.807) is 18.7 Å². The van der Waals surface area contributed by atoms with Gasteiger partial charge in [-0.25, -0.2) is 0 Å². The van der Waals surface area contributed by atoms with Crippen LogP contribution in [0.3, 0.4) is 0 Å². The highest BCUT2D eigenvalue weighted by Gasteiger charge is 2.53. The second kappa shape index (κ2) is 5.83. The number of amides is 3. The molecule has 1 atom stereocenters. The van der Waals surface area contributed by atoms with E-state index < -0.39 is 11.0 Å². The Morgan fingerprint density at radius 1 is 1.23 bits per heavy atom. The number of hydrogen-bond donors (Lipinski definition) is 1. The van der Waals surface area contributed by atoms with Gasteiger partial charge in [0.2, 0.25) is 11.8 Å². The number of rotatable bonds is 3. The Balaban J connectivity index is 1.47. The molecular weight excluding hydrogens is 332 g/mol. The van der Waals surface area contributed by atoms with Crippen LogP contribution in [-0.4, -0.2) is 41.3 Å². The maximum absolute atomic E-state index is 13.0. The minimum absolute atomic E-state index is 0.151. The van der Waals surface area contributed by atoms with Crippen molar-refractivity contribution in [2.75, 3.05) is 13.1 Å². The second-order valence-electron chi connectivity index (χ2n) is 8.21. The Bertz CT molecular complexity index is 801. The van der Waals surface area contributed by atoms with E-state index >= 15 is 0 Å². The molecule has 2 fully saturated rings. The van der Waals surface area contributed by atoms with E-state index in [0.717, 1.165) is 19.3 Å². The molecule has 1 aromatic carbocycles. The van der Waals surface area contributed by atoms with Crippen molar-refractivity contribution in [3.63, 3.8) is 0 Å². The van der Waals surface area contributed by atoms with Gasteiger partial charge in [0.25, 0.3) is 5.91 Å². The fourth-order valence-corrected chi connectivity index (χ4v) is 4.40. The fourth-order valence-electron chi connectivity index (χ4n) is 4.40. The van der Waals surface area contributed by atoms with Crippen molar-refractivity contribution in [1.82, 2.24) is 10.2 Å². The van der Waals surface area contributed by atoms with Gasteiger partial charge < -0.3 is 9.64 Å². The predicted octanol–water partition coefficient (Wildman–Crippen LogP) is 1.60. The lowest BCUT2D eigenvalue weighted by Gasteiger charge is -2.31. The van der Waals surface area contributed by atoms with E-state index in [0.29, 0.717) is 18.7 Å². The molecule has 3 amide bonds. The highest BCUT2D eigenvalue weighted by molar-refractivity contribution is 6.06. The van der Waals surface area contributed by atoms with Crippen LogP contribution < -0.4 is 10.1 Å². The van der Waals surface area contributed by atoms with Crippen molar-refractivity contribution in [1.29, 1.82) is 0 Å². The standard InChI is InChI=1S/C20H24N2O4/c1-19(2,26-15-7-6-13-4-3-5-14(13)10-15)18(25)22-9-8-20(12-22)11-16(23)21-17(20)24/h6-7,10H,3-5,8-9,11-12H2,1-2H3,(H,21,23,24)/t20-/m1/s1. The molecule has 1 aliphatic carbocycles. The average Bonchev–Trinajstić information content (AvgIpc) is 3.26. The lowest BCUT2D eigenvalue weighted by atomic mass is 9.85. The largest absolute Gasteiger partial charge is 0.478 e. The smallest absolute Gasteiger partial charge is 0.266 e. The number of carbonyl (C=O) groups excluding carboxylic acids is 3. The van der Waals surface area contributed by atoms with Crippen molar-refractivity contribution >= 4 is 17.7 Å². The van der Waals surface area contributed by atoms with Crippen LogP contribution in [0.1, 0.15) is 44.2 Å². The molecule has 2 saturated heterocycles. The summed E-state index contributed by atoms with van der Waals surface area (Å²) in [5.74, 6) is 0.0433. The average molecular weight is 356 g/mol. The van der Waals surface area contributed by atoms with Gasteiger partial charge in [0.05, 0.1) is 5.41 Å². The highest BCUT2D eigenvalue weighted by atomic mass is 16.5. The van der Waals surface area contributed by atoms with Crippen LogP contribution in [0.4, 0.5) is 0 Å². The van der Waals surface area contributed by atoms with Crippen LogP contribution in [0.25, 0.3) is 0 Å². The van der Waals surface area contributed by atoms with E-state index in [-0.39, 0.29) is 30.7 Å². The molecule has 0 aromatic heterocycles. The van der Waals surface area contributed by atoms with Crippen LogP contribution >= 0.6 is 0 Å². The summed E-state index contributed by atoms with van der Waals surface area (Å²) in [7, 11) is 0.